The van der Waals surface area contributed by atoms with Gasteiger partial charge in [0.1, 0.15) is 5.82 Å². The fraction of sp³-hybridized carbons (Fsp3) is 0.235. The normalized spacial score (nSPS) is 14.2. The van der Waals surface area contributed by atoms with Gasteiger partial charge in [-0.3, -0.25) is 4.79 Å². The van der Waals surface area contributed by atoms with Gasteiger partial charge in [0, 0.05) is 17.8 Å². The maximum Gasteiger partial charge on any atom is 0.251 e. The number of benzene rings is 2. The topological polar surface area (TPSA) is 41.1 Å². The van der Waals surface area contributed by atoms with Crippen LogP contribution in [0.2, 0.25) is 0 Å². The maximum absolute atomic E-state index is 12.9. The van der Waals surface area contributed by atoms with Crippen LogP contribution >= 0.6 is 0 Å². The van der Waals surface area contributed by atoms with Crippen molar-refractivity contribution in [3.05, 3.63) is 65.0 Å². The van der Waals surface area contributed by atoms with E-state index in [0.29, 0.717) is 5.56 Å². The number of hydrogen-bond donors (Lipinski definition) is 2. The Labute approximate surface area is 123 Å². The fourth-order valence-electron chi connectivity index (χ4n) is 2.56. The summed E-state index contributed by atoms with van der Waals surface area (Å²) in [5.41, 5.74) is 4.00. The third-order valence-electron chi connectivity index (χ3n) is 3.79. The predicted molar refractivity (Wildman–Crippen MR) is 80.9 cm³/mol. The summed E-state index contributed by atoms with van der Waals surface area (Å²) in [5.74, 6) is -0.535. The number of rotatable bonds is 3. The molecular weight excluding hydrogens is 267 g/mol. The van der Waals surface area contributed by atoms with E-state index in [0.717, 1.165) is 18.5 Å². The summed E-state index contributed by atoms with van der Waals surface area (Å²) in [6.07, 6.45) is 1.02. The molecular formula is C17H17FN2O. The summed E-state index contributed by atoms with van der Waals surface area (Å²) in [6.45, 7) is 2.92. The number of hydrogen-bond acceptors (Lipinski definition) is 2. The minimum Gasteiger partial charge on any atom is -0.384 e. The Morgan fingerprint density at radius 2 is 2.00 bits per heavy atom. The number of fused-ring (bicyclic) bond motifs is 1. The second-order valence-corrected chi connectivity index (χ2v) is 5.30. The number of nitrogens with one attached hydrogen (secondary N) is 2. The first-order valence-electron chi connectivity index (χ1n) is 7.06. The molecule has 0 spiro atoms. The highest BCUT2D eigenvalue weighted by Gasteiger charge is 2.15. The molecule has 3 rings (SSSR count). The summed E-state index contributed by atoms with van der Waals surface area (Å²) < 4.78 is 12.9. The molecule has 1 heterocycles. The molecule has 0 saturated heterocycles. The molecule has 0 aliphatic carbocycles. The van der Waals surface area contributed by atoms with Gasteiger partial charge < -0.3 is 10.6 Å². The zero-order valence-corrected chi connectivity index (χ0v) is 11.8. The number of carbonyl (C=O) groups is 1. The minimum atomic E-state index is -0.342. The van der Waals surface area contributed by atoms with Crippen LogP contribution in [0.15, 0.2) is 42.5 Å². The molecule has 4 heteroatoms. The molecule has 1 aliphatic rings. The SMILES string of the molecule is C[C@H](NC(=O)c1ccc(F)cc1)c1ccc2c(c1)CCN2. The number of halogens is 1. The smallest absolute Gasteiger partial charge is 0.251 e. The Bertz CT molecular complexity index is 667. The van der Waals surface area contributed by atoms with Crippen LogP contribution in [-0.2, 0) is 6.42 Å². The molecule has 108 valence electrons. The van der Waals surface area contributed by atoms with E-state index >= 15 is 0 Å². The quantitative estimate of drug-likeness (QED) is 0.908. The fourth-order valence-corrected chi connectivity index (χ4v) is 2.56. The highest BCUT2D eigenvalue weighted by Crippen LogP contribution is 2.25. The van der Waals surface area contributed by atoms with Gasteiger partial charge in [-0.2, -0.15) is 0 Å². The molecule has 3 nitrogen and oxygen atoms in total. The lowest BCUT2D eigenvalue weighted by Gasteiger charge is -2.15. The average Bonchev–Trinajstić information content (AvgIpc) is 2.95. The molecule has 0 saturated carbocycles. The molecule has 2 N–H and O–H groups in total. The number of amides is 1. The molecule has 21 heavy (non-hydrogen) atoms. The van der Waals surface area contributed by atoms with Crippen molar-refractivity contribution in [1.29, 1.82) is 0 Å². The Morgan fingerprint density at radius 3 is 2.76 bits per heavy atom. The highest BCUT2D eigenvalue weighted by molar-refractivity contribution is 5.94. The minimum absolute atomic E-state index is 0.0894. The molecule has 1 aliphatic heterocycles. The van der Waals surface area contributed by atoms with Crippen LogP contribution < -0.4 is 10.6 Å². The maximum atomic E-state index is 12.9. The van der Waals surface area contributed by atoms with Crippen molar-refractivity contribution in [3.63, 3.8) is 0 Å². The lowest BCUT2D eigenvalue weighted by Crippen LogP contribution is -2.26. The van der Waals surface area contributed by atoms with Gasteiger partial charge in [-0.25, -0.2) is 4.39 Å². The standard InChI is InChI=1S/C17H17FN2O/c1-11(13-4-7-16-14(10-13)8-9-19-16)20-17(21)12-2-5-15(18)6-3-12/h2-7,10-11,19H,8-9H2,1H3,(H,20,21)/t11-/m0/s1. The van der Waals surface area contributed by atoms with E-state index in [-0.39, 0.29) is 17.8 Å². The second-order valence-electron chi connectivity index (χ2n) is 5.30. The first-order chi connectivity index (χ1) is 10.1. The largest absolute Gasteiger partial charge is 0.384 e. The van der Waals surface area contributed by atoms with E-state index in [1.807, 2.05) is 13.0 Å². The molecule has 2 aromatic carbocycles. The molecule has 0 aromatic heterocycles. The van der Waals surface area contributed by atoms with E-state index in [1.54, 1.807) is 0 Å². The lowest BCUT2D eigenvalue weighted by molar-refractivity contribution is 0.0940. The van der Waals surface area contributed by atoms with Crippen molar-refractivity contribution in [2.24, 2.45) is 0 Å². The predicted octanol–water partition coefficient (Wildman–Crippen LogP) is 3.28. The first kappa shape index (κ1) is 13.6. The van der Waals surface area contributed by atoms with Crippen LogP contribution in [0.4, 0.5) is 10.1 Å². The van der Waals surface area contributed by atoms with Gasteiger partial charge in [0.2, 0.25) is 0 Å². The van der Waals surface area contributed by atoms with Gasteiger partial charge in [0.25, 0.3) is 5.91 Å². The van der Waals surface area contributed by atoms with Gasteiger partial charge in [-0.05, 0) is 54.8 Å². The molecule has 0 unspecified atom stereocenters. The molecule has 2 aromatic rings. The van der Waals surface area contributed by atoms with Crippen LogP contribution in [0.5, 0.6) is 0 Å². The van der Waals surface area contributed by atoms with Crippen molar-refractivity contribution in [2.45, 2.75) is 19.4 Å². The van der Waals surface area contributed by atoms with Crippen molar-refractivity contribution in [3.8, 4) is 0 Å². The Morgan fingerprint density at radius 1 is 1.24 bits per heavy atom. The van der Waals surface area contributed by atoms with Gasteiger partial charge in [0.05, 0.1) is 6.04 Å². The molecule has 1 amide bonds. The van der Waals surface area contributed by atoms with Crippen LogP contribution in [0, 0.1) is 5.82 Å². The summed E-state index contributed by atoms with van der Waals surface area (Å²) in [4.78, 5) is 12.1. The molecule has 0 fully saturated rings. The van der Waals surface area contributed by atoms with Crippen molar-refractivity contribution < 1.29 is 9.18 Å². The van der Waals surface area contributed by atoms with Crippen LogP contribution in [0.3, 0.4) is 0 Å². The second kappa shape index (κ2) is 5.56. The molecule has 0 bridgehead atoms. The summed E-state index contributed by atoms with van der Waals surface area (Å²) >= 11 is 0. The van der Waals surface area contributed by atoms with Crippen molar-refractivity contribution in [1.82, 2.24) is 5.32 Å². The lowest BCUT2D eigenvalue weighted by atomic mass is 10.0. The third-order valence-corrected chi connectivity index (χ3v) is 3.79. The zero-order chi connectivity index (χ0) is 14.8. The Kier molecular flexibility index (Phi) is 3.60. The van der Waals surface area contributed by atoms with E-state index in [9.17, 15) is 9.18 Å². The van der Waals surface area contributed by atoms with Crippen molar-refractivity contribution >= 4 is 11.6 Å². The van der Waals surface area contributed by atoms with E-state index in [2.05, 4.69) is 22.8 Å². The monoisotopic (exact) mass is 284 g/mol. The van der Waals surface area contributed by atoms with Gasteiger partial charge in [-0.1, -0.05) is 12.1 Å². The van der Waals surface area contributed by atoms with E-state index in [1.165, 1.54) is 35.5 Å². The van der Waals surface area contributed by atoms with Gasteiger partial charge in [0.15, 0.2) is 0 Å². The van der Waals surface area contributed by atoms with Gasteiger partial charge in [-0.15, -0.1) is 0 Å². The molecule has 1 atom stereocenters. The highest BCUT2D eigenvalue weighted by atomic mass is 19.1. The molecule has 0 radical (unpaired) electrons. The first-order valence-corrected chi connectivity index (χ1v) is 7.06. The number of carbonyl (C=O) groups excluding carboxylic acids is 1. The van der Waals surface area contributed by atoms with Crippen LogP contribution in [-0.4, -0.2) is 12.5 Å². The van der Waals surface area contributed by atoms with Gasteiger partial charge >= 0.3 is 0 Å². The van der Waals surface area contributed by atoms with E-state index in [4.69, 9.17) is 0 Å². The Balaban J connectivity index is 1.72. The van der Waals surface area contributed by atoms with Crippen molar-refractivity contribution in [2.75, 3.05) is 11.9 Å². The van der Waals surface area contributed by atoms with Crippen LogP contribution in [0.25, 0.3) is 0 Å². The Hall–Kier alpha value is -2.36. The zero-order valence-electron chi connectivity index (χ0n) is 11.8. The average molecular weight is 284 g/mol. The number of anilines is 1. The van der Waals surface area contributed by atoms with E-state index < -0.39 is 0 Å². The summed E-state index contributed by atoms with van der Waals surface area (Å²) in [6, 6.07) is 11.7. The summed E-state index contributed by atoms with van der Waals surface area (Å²) in [5, 5.41) is 6.26. The van der Waals surface area contributed by atoms with Crippen LogP contribution in [0.1, 0.15) is 34.5 Å². The summed E-state index contributed by atoms with van der Waals surface area (Å²) in [7, 11) is 0. The third kappa shape index (κ3) is 2.89.